The largest absolute Gasteiger partial charge is 0.316 e. The van der Waals surface area contributed by atoms with Crippen LogP contribution < -0.4 is 5.32 Å². The molecule has 0 atom stereocenters. The van der Waals surface area contributed by atoms with Crippen LogP contribution in [0.1, 0.15) is 36.0 Å². The SMILES string of the molecule is CC.CCNCCN(CC)CC.[HH]. The van der Waals surface area contributed by atoms with Gasteiger partial charge < -0.3 is 10.2 Å². The second-order valence-corrected chi connectivity index (χ2v) is 2.38. The van der Waals surface area contributed by atoms with Gasteiger partial charge in [0.2, 0.25) is 0 Å². The molecule has 78 valence electrons. The molecule has 0 spiro atoms. The fourth-order valence-corrected chi connectivity index (χ4v) is 0.954. The van der Waals surface area contributed by atoms with Crippen LogP contribution >= 0.6 is 0 Å². The van der Waals surface area contributed by atoms with Gasteiger partial charge in [-0.25, -0.2) is 0 Å². The molecule has 2 nitrogen and oxygen atoms in total. The standard InChI is InChI=1S/C8H20N2.C2H6.H2/c1-4-9-7-8-10(5-2)6-3;1-2;/h9H,4-8H2,1-3H3;1-2H3;1H. The van der Waals surface area contributed by atoms with Crippen LogP contribution in [0.4, 0.5) is 0 Å². The van der Waals surface area contributed by atoms with Crippen molar-refractivity contribution >= 4 is 0 Å². The number of nitrogens with zero attached hydrogens (tertiary/aromatic N) is 1. The summed E-state index contributed by atoms with van der Waals surface area (Å²) in [5.41, 5.74) is 0. The molecule has 0 aromatic rings. The van der Waals surface area contributed by atoms with Gasteiger partial charge in [0.25, 0.3) is 0 Å². The third-order valence-electron chi connectivity index (χ3n) is 1.75. The lowest BCUT2D eigenvalue weighted by atomic mass is 10.4. The molecule has 0 radical (unpaired) electrons. The molecule has 0 aliphatic carbocycles. The molecule has 12 heavy (non-hydrogen) atoms. The first-order chi connectivity index (χ1) is 5.85. The average molecular weight is 176 g/mol. The first-order valence-electron chi connectivity index (χ1n) is 5.28. The van der Waals surface area contributed by atoms with Crippen molar-refractivity contribution < 1.29 is 1.43 Å². The van der Waals surface area contributed by atoms with E-state index in [1.54, 1.807) is 0 Å². The van der Waals surface area contributed by atoms with Crippen molar-refractivity contribution in [1.82, 2.24) is 10.2 Å². The van der Waals surface area contributed by atoms with Gasteiger partial charge in [0.1, 0.15) is 0 Å². The van der Waals surface area contributed by atoms with E-state index in [0.717, 1.165) is 13.1 Å². The van der Waals surface area contributed by atoms with Crippen molar-refractivity contribution in [3.63, 3.8) is 0 Å². The molecular formula is C10H28N2. The molecule has 0 saturated heterocycles. The second kappa shape index (κ2) is 13.5. The molecule has 0 bridgehead atoms. The van der Waals surface area contributed by atoms with Crippen molar-refractivity contribution in [3.05, 3.63) is 0 Å². The van der Waals surface area contributed by atoms with Crippen LogP contribution in [0, 0.1) is 0 Å². The van der Waals surface area contributed by atoms with Crippen molar-refractivity contribution in [2.45, 2.75) is 34.6 Å². The van der Waals surface area contributed by atoms with E-state index < -0.39 is 0 Å². The minimum Gasteiger partial charge on any atom is -0.316 e. The van der Waals surface area contributed by atoms with Gasteiger partial charge in [-0.1, -0.05) is 34.6 Å². The van der Waals surface area contributed by atoms with Crippen LogP contribution in [0.25, 0.3) is 0 Å². The molecular weight excluding hydrogens is 148 g/mol. The summed E-state index contributed by atoms with van der Waals surface area (Å²) >= 11 is 0. The molecule has 0 aliphatic heterocycles. The molecule has 0 unspecified atom stereocenters. The molecule has 1 N–H and O–H groups in total. The summed E-state index contributed by atoms with van der Waals surface area (Å²) in [6.07, 6.45) is 0. The Balaban J connectivity index is -0.000000309. The number of hydrogen-bond donors (Lipinski definition) is 1. The number of likely N-dealkylation sites (N-methyl/N-ethyl adjacent to an activating group) is 2. The van der Waals surface area contributed by atoms with Crippen LogP contribution in [0.15, 0.2) is 0 Å². The van der Waals surface area contributed by atoms with Crippen LogP contribution in [0.2, 0.25) is 0 Å². The van der Waals surface area contributed by atoms with E-state index in [2.05, 4.69) is 31.0 Å². The highest BCUT2D eigenvalue weighted by Crippen LogP contribution is 1.83. The van der Waals surface area contributed by atoms with Gasteiger partial charge in [0, 0.05) is 14.5 Å². The maximum atomic E-state index is 3.31. The lowest BCUT2D eigenvalue weighted by Gasteiger charge is -2.17. The zero-order valence-electron chi connectivity index (χ0n) is 9.48. The fraction of sp³-hybridized carbons (Fsp3) is 1.00. The second-order valence-electron chi connectivity index (χ2n) is 2.38. The lowest BCUT2D eigenvalue weighted by molar-refractivity contribution is 0.303. The van der Waals surface area contributed by atoms with Gasteiger partial charge in [0.15, 0.2) is 0 Å². The van der Waals surface area contributed by atoms with E-state index in [1.807, 2.05) is 13.8 Å². The monoisotopic (exact) mass is 176 g/mol. The Morgan fingerprint density at radius 2 is 1.58 bits per heavy atom. The molecule has 0 saturated carbocycles. The zero-order chi connectivity index (χ0) is 9.82. The Kier molecular flexibility index (Phi) is 16.3. The minimum absolute atomic E-state index is 0. The van der Waals surface area contributed by atoms with Crippen LogP contribution in [0.3, 0.4) is 0 Å². The highest BCUT2D eigenvalue weighted by Gasteiger charge is 1.95. The van der Waals surface area contributed by atoms with Gasteiger partial charge in [-0.05, 0) is 19.6 Å². The smallest absolute Gasteiger partial charge is 0.0107 e. The number of hydrogen-bond acceptors (Lipinski definition) is 2. The van der Waals surface area contributed by atoms with E-state index in [4.69, 9.17) is 0 Å². The molecule has 0 rings (SSSR count). The van der Waals surface area contributed by atoms with Crippen molar-refractivity contribution in [2.24, 2.45) is 0 Å². The molecule has 0 aliphatic rings. The Morgan fingerprint density at radius 3 is 1.92 bits per heavy atom. The quantitative estimate of drug-likeness (QED) is 0.624. The maximum absolute atomic E-state index is 3.31. The summed E-state index contributed by atoms with van der Waals surface area (Å²) in [6, 6.07) is 0. The first kappa shape index (κ1) is 14.4. The molecule has 0 heterocycles. The topological polar surface area (TPSA) is 15.3 Å². The molecule has 0 amide bonds. The van der Waals surface area contributed by atoms with Gasteiger partial charge in [0.05, 0.1) is 0 Å². The first-order valence-corrected chi connectivity index (χ1v) is 5.28. The molecule has 2 heteroatoms. The summed E-state index contributed by atoms with van der Waals surface area (Å²) in [7, 11) is 0. The highest BCUT2D eigenvalue weighted by molar-refractivity contribution is 4.53. The van der Waals surface area contributed by atoms with E-state index >= 15 is 0 Å². The predicted molar refractivity (Wildman–Crippen MR) is 59.8 cm³/mol. The van der Waals surface area contributed by atoms with Gasteiger partial charge in [-0.2, -0.15) is 0 Å². The van der Waals surface area contributed by atoms with Gasteiger partial charge in [-0.15, -0.1) is 0 Å². The maximum Gasteiger partial charge on any atom is 0.0107 e. The molecule has 0 aromatic carbocycles. The summed E-state index contributed by atoms with van der Waals surface area (Å²) in [5, 5.41) is 3.31. The summed E-state index contributed by atoms with van der Waals surface area (Å²) in [5.74, 6) is 0. The Bertz CT molecular complexity index is 65.9. The Labute approximate surface area is 79.8 Å². The third-order valence-corrected chi connectivity index (χ3v) is 1.75. The van der Waals surface area contributed by atoms with Crippen LogP contribution in [-0.2, 0) is 0 Å². The van der Waals surface area contributed by atoms with Crippen molar-refractivity contribution in [2.75, 3.05) is 32.7 Å². The Hall–Kier alpha value is -0.0800. The highest BCUT2D eigenvalue weighted by atomic mass is 15.1. The van der Waals surface area contributed by atoms with E-state index in [1.165, 1.54) is 19.6 Å². The van der Waals surface area contributed by atoms with Crippen LogP contribution in [-0.4, -0.2) is 37.6 Å². The van der Waals surface area contributed by atoms with Gasteiger partial charge >= 0.3 is 0 Å². The number of nitrogens with one attached hydrogen (secondary N) is 1. The van der Waals surface area contributed by atoms with Crippen molar-refractivity contribution in [1.29, 1.82) is 0 Å². The summed E-state index contributed by atoms with van der Waals surface area (Å²) in [6.45, 7) is 16.3. The summed E-state index contributed by atoms with van der Waals surface area (Å²) < 4.78 is 0. The minimum atomic E-state index is 0. The fourth-order valence-electron chi connectivity index (χ4n) is 0.954. The predicted octanol–water partition coefficient (Wildman–Crippen LogP) is 2.21. The average Bonchev–Trinajstić information content (AvgIpc) is 2.16. The van der Waals surface area contributed by atoms with Crippen molar-refractivity contribution in [3.8, 4) is 0 Å². The van der Waals surface area contributed by atoms with Crippen LogP contribution in [0.5, 0.6) is 0 Å². The van der Waals surface area contributed by atoms with Gasteiger partial charge in [-0.3, -0.25) is 0 Å². The zero-order valence-corrected chi connectivity index (χ0v) is 9.48. The van der Waals surface area contributed by atoms with E-state index in [0.29, 0.717) is 0 Å². The summed E-state index contributed by atoms with van der Waals surface area (Å²) in [4.78, 5) is 2.42. The van der Waals surface area contributed by atoms with E-state index in [-0.39, 0.29) is 1.43 Å². The lowest BCUT2D eigenvalue weighted by Crippen LogP contribution is -2.31. The molecule has 0 fully saturated rings. The third kappa shape index (κ3) is 9.92. The number of rotatable bonds is 6. The van der Waals surface area contributed by atoms with E-state index in [9.17, 15) is 0 Å². The molecule has 0 aromatic heterocycles. The Morgan fingerprint density at radius 1 is 1.08 bits per heavy atom. The normalized spacial score (nSPS) is 9.50.